The highest BCUT2D eigenvalue weighted by atomic mass is 35.6. The predicted molar refractivity (Wildman–Crippen MR) is 64.7 cm³/mol. The van der Waals surface area contributed by atoms with Crippen LogP contribution in [0.3, 0.4) is 0 Å². The summed E-state index contributed by atoms with van der Waals surface area (Å²) in [5, 5.41) is -0.261. The molecule has 0 fully saturated rings. The summed E-state index contributed by atoms with van der Waals surface area (Å²) in [5.74, 6) is 0. The lowest BCUT2D eigenvalue weighted by molar-refractivity contribution is 0.820. The highest BCUT2D eigenvalue weighted by molar-refractivity contribution is 6.67. The van der Waals surface area contributed by atoms with Crippen molar-refractivity contribution < 1.29 is 0 Å². The van der Waals surface area contributed by atoms with Gasteiger partial charge in [0, 0.05) is 6.42 Å². The van der Waals surface area contributed by atoms with E-state index in [1.807, 2.05) is 31.2 Å². The Morgan fingerprint density at radius 1 is 1.14 bits per heavy atom. The molecule has 1 aromatic carbocycles. The molecule has 78 valence electrons. The molecule has 4 heteroatoms. The molecule has 0 amide bonds. The third-order valence-corrected chi connectivity index (χ3v) is 2.72. The van der Waals surface area contributed by atoms with Crippen LogP contribution in [0.2, 0.25) is 0 Å². The molecule has 0 nitrogen and oxygen atoms in total. The fraction of sp³-hybridized carbons (Fsp3) is 0.400. The summed E-state index contributed by atoms with van der Waals surface area (Å²) >= 11 is 23.1. The summed E-state index contributed by atoms with van der Waals surface area (Å²) in [4.78, 5) is 0. The monoisotopic (exact) mass is 270 g/mol. The molecule has 14 heavy (non-hydrogen) atoms. The van der Waals surface area contributed by atoms with E-state index in [4.69, 9.17) is 46.4 Å². The Morgan fingerprint density at radius 2 is 1.64 bits per heavy atom. The van der Waals surface area contributed by atoms with Crippen LogP contribution in [-0.2, 0) is 0 Å². The summed E-state index contributed by atoms with van der Waals surface area (Å²) in [6.07, 6.45) is 0.308. The van der Waals surface area contributed by atoms with Gasteiger partial charge in [0.25, 0.3) is 0 Å². The minimum Gasteiger partial charge on any atom is -0.118 e. The zero-order valence-electron chi connectivity index (χ0n) is 7.61. The zero-order chi connectivity index (χ0) is 10.8. The molecule has 0 aliphatic heterocycles. The second kappa shape index (κ2) is 4.94. The molecular formula is C10H10Cl4. The van der Waals surface area contributed by atoms with E-state index >= 15 is 0 Å². The maximum atomic E-state index is 6.09. The number of hydrogen-bond donors (Lipinski definition) is 0. The summed E-state index contributed by atoms with van der Waals surface area (Å²) < 4.78 is -1.29. The number of rotatable bonds is 2. The van der Waals surface area contributed by atoms with E-state index in [0.29, 0.717) is 6.42 Å². The normalized spacial score (nSPS) is 14.1. The Hall–Kier alpha value is 0.380. The fourth-order valence-electron chi connectivity index (χ4n) is 1.10. The number of benzene rings is 1. The minimum atomic E-state index is -1.29. The summed E-state index contributed by atoms with van der Waals surface area (Å²) in [7, 11) is 0. The van der Waals surface area contributed by atoms with Crippen molar-refractivity contribution in [3.05, 3.63) is 35.4 Å². The highest BCUT2D eigenvalue weighted by Crippen LogP contribution is 2.39. The molecule has 0 spiro atoms. The molecule has 0 aliphatic rings. The Labute approximate surface area is 104 Å². The van der Waals surface area contributed by atoms with Gasteiger partial charge in [-0.05, 0) is 12.5 Å². The van der Waals surface area contributed by atoms with Gasteiger partial charge in [-0.25, -0.2) is 0 Å². The first-order valence-electron chi connectivity index (χ1n) is 4.16. The third-order valence-electron chi connectivity index (χ3n) is 1.85. The smallest absolute Gasteiger partial charge is 0.118 e. The molecule has 0 aliphatic carbocycles. The molecular weight excluding hydrogens is 262 g/mol. The van der Waals surface area contributed by atoms with Gasteiger partial charge in [0.05, 0.1) is 5.38 Å². The van der Waals surface area contributed by atoms with Gasteiger partial charge in [0.15, 0.2) is 3.79 Å². The van der Waals surface area contributed by atoms with Crippen LogP contribution in [0, 0.1) is 6.92 Å². The molecule has 0 N–H and O–H groups in total. The van der Waals surface area contributed by atoms with Gasteiger partial charge in [0.1, 0.15) is 0 Å². The molecule has 0 bridgehead atoms. The first kappa shape index (κ1) is 12.4. The molecule has 0 radical (unpaired) electrons. The molecule has 0 heterocycles. The second-order valence-corrected chi connectivity index (χ2v) is 6.24. The molecule has 1 atom stereocenters. The van der Waals surface area contributed by atoms with Crippen molar-refractivity contribution in [3.8, 4) is 0 Å². The maximum absolute atomic E-state index is 6.09. The van der Waals surface area contributed by atoms with Crippen molar-refractivity contribution in [3.63, 3.8) is 0 Å². The lowest BCUT2D eigenvalue weighted by atomic mass is 10.1. The largest absolute Gasteiger partial charge is 0.192 e. The summed E-state index contributed by atoms with van der Waals surface area (Å²) in [5.41, 5.74) is 2.16. The molecule has 0 saturated heterocycles. The second-order valence-electron chi connectivity index (χ2n) is 3.20. The van der Waals surface area contributed by atoms with Crippen molar-refractivity contribution in [2.45, 2.75) is 22.5 Å². The first-order valence-corrected chi connectivity index (χ1v) is 5.73. The van der Waals surface area contributed by atoms with Crippen LogP contribution in [0.4, 0.5) is 0 Å². The van der Waals surface area contributed by atoms with Crippen LogP contribution in [-0.4, -0.2) is 3.79 Å². The predicted octanol–water partition coefficient (Wildman–Crippen LogP) is 5.04. The van der Waals surface area contributed by atoms with Crippen molar-refractivity contribution in [2.75, 3.05) is 0 Å². The van der Waals surface area contributed by atoms with Crippen LogP contribution in [0.1, 0.15) is 22.9 Å². The summed E-state index contributed by atoms with van der Waals surface area (Å²) in [6, 6.07) is 7.87. The average molecular weight is 272 g/mol. The number of halogens is 4. The van der Waals surface area contributed by atoms with E-state index in [-0.39, 0.29) is 5.38 Å². The topological polar surface area (TPSA) is 0 Å². The van der Waals surface area contributed by atoms with E-state index in [1.54, 1.807) is 0 Å². The zero-order valence-corrected chi connectivity index (χ0v) is 10.6. The van der Waals surface area contributed by atoms with Crippen LogP contribution in [0.25, 0.3) is 0 Å². The quantitative estimate of drug-likeness (QED) is 0.662. The number of aryl methyl sites for hydroxylation is 1. The molecule has 1 unspecified atom stereocenters. The van der Waals surface area contributed by atoms with E-state index < -0.39 is 3.79 Å². The minimum absolute atomic E-state index is 0.261. The molecule has 1 rings (SSSR count). The number of hydrogen-bond acceptors (Lipinski definition) is 0. The lowest BCUT2D eigenvalue weighted by Crippen LogP contribution is -2.06. The van der Waals surface area contributed by atoms with Gasteiger partial charge < -0.3 is 0 Å². The SMILES string of the molecule is Cc1ccc(C(Cl)CC(Cl)(Cl)Cl)cc1. The fourth-order valence-corrected chi connectivity index (χ4v) is 2.17. The van der Waals surface area contributed by atoms with Gasteiger partial charge in [-0.1, -0.05) is 64.6 Å². The number of alkyl halides is 4. The summed E-state index contributed by atoms with van der Waals surface area (Å²) in [6.45, 7) is 2.02. The van der Waals surface area contributed by atoms with E-state index in [2.05, 4.69) is 0 Å². The van der Waals surface area contributed by atoms with Gasteiger partial charge in [-0.15, -0.1) is 11.6 Å². The lowest BCUT2D eigenvalue weighted by Gasteiger charge is -2.15. The van der Waals surface area contributed by atoms with Crippen molar-refractivity contribution in [1.29, 1.82) is 0 Å². The van der Waals surface area contributed by atoms with Gasteiger partial charge in [-0.2, -0.15) is 0 Å². The molecule has 0 saturated carbocycles. The van der Waals surface area contributed by atoms with Gasteiger partial charge in [0.2, 0.25) is 0 Å². The van der Waals surface area contributed by atoms with E-state index in [9.17, 15) is 0 Å². The maximum Gasteiger partial charge on any atom is 0.192 e. The average Bonchev–Trinajstić information content (AvgIpc) is 2.02. The van der Waals surface area contributed by atoms with Gasteiger partial charge in [-0.3, -0.25) is 0 Å². The Balaban J connectivity index is 2.70. The Morgan fingerprint density at radius 3 is 2.07 bits per heavy atom. The van der Waals surface area contributed by atoms with Crippen LogP contribution < -0.4 is 0 Å². The highest BCUT2D eigenvalue weighted by Gasteiger charge is 2.24. The standard InChI is InChI=1S/C10H10Cl4/c1-7-2-4-8(5-3-7)9(11)6-10(12,13)14/h2-5,9H,6H2,1H3. The molecule has 0 aromatic heterocycles. The van der Waals surface area contributed by atoms with E-state index in [1.165, 1.54) is 5.56 Å². The Kier molecular flexibility index (Phi) is 4.39. The van der Waals surface area contributed by atoms with Crippen LogP contribution in [0.15, 0.2) is 24.3 Å². The van der Waals surface area contributed by atoms with Crippen LogP contribution in [0.5, 0.6) is 0 Å². The van der Waals surface area contributed by atoms with Crippen LogP contribution >= 0.6 is 46.4 Å². The van der Waals surface area contributed by atoms with Gasteiger partial charge >= 0.3 is 0 Å². The Bertz CT molecular complexity index is 286. The van der Waals surface area contributed by atoms with Crippen molar-refractivity contribution in [1.82, 2.24) is 0 Å². The van der Waals surface area contributed by atoms with Crippen molar-refractivity contribution in [2.24, 2.45) is 0 Å². The van der Waals surface area contributed by atoms with Crippen molar-refractivity contribution >= 4 is 46.4 Å². The van der Waals surface area contributed by atoms with E-state index in [0.717, 1.165) is 5.56 Å². The first-order chi connectivity index (χ1) is 6.38. The molecule has 1 aromatic rings. The third kappa shape index (κ3) is 4.27.